The van der Waals surface area contributed by atoms with Gasteiger partial charge in [0.05, 0.1) is 13.7 Å². The topological polar surface area (TPSA) is 51.4 Å². The molecule has 5 heteroatoms. The van der Waals surface area contributed by atoms with E-state index in [1.54, 1.807) is 7.11 Å². The van der Waals surface area contributed by atoms with Crippen molar-refractivity contribution in [1.82, 2.24) is 15.0 Å². The highest BCUT2D eigenvalue weighted by Crippen LogP contribution is 2.38. The first-order chi connectivity index (χ1) is 10.2. The second-order valence-corrected chi connectivity index (χ2v) is 5.65. The normalized spacial score (nSPS) is 16.2. The highest BCUT2D eigenvalue weighted by Gasteiger charge is 2.29. The third-order valence-electron chi connectivity index (χ3n) is 4.06. The first-order valence-electron chi connectivity index (χ1n) is 7.34. The molecule has 1 fully saturated rings. The summed E-state index contributed by atoms with van der Waals surface area (Å²) < 4.78 is 10.8. The molecule has 0 bridgehead atoms. The number of nitrogens with zero attached hydrogens (tertiary/aromatic N) is 3. The maximum atomic E-state index is 5.43. The number of hydrogen-bond donors (Lipinski definition) is 0. The van der Waals surface area contributed by atoms with Crippen LogP contribution in [0.1, 0.15) is 49.0 Å². The third-order valence-corrected chi connectivity index (χ3v) is 4.06. The molecule has 1 aromatic carbocycles. The van der Waals surface area contributed by atoms with Crippen LogP contribution in [0.25, 0.3) is 0 Å². The van der Waals surface area contributed by atoms with Crippen molar-refractivity contribution in [2.45, 2.75) is 38.3 Å². The van der Waals surface area contributed by atoms with Crippen molar-refractivity contribution in [3.8, 4) is 5.75 Å². The van der Waals surface area contributed by atoms with Crippen LogP contribution in [0, 0.1) is 0 Å². The van der Waals surface area contributed by atoms with Gasteiger partial charge in [0.1, 0.15) is 5.75 Å². The van der Waals surface area contributed by atoms with E-state index < -0.39 is 0 Å². The van der Waals surface area contributed by atoms with Crippen molar-refractivity contribution in [2.24, 2.45) is 0 Å². The zero-order valence-corrected chi connectivity index (χ0v) is 12.7. The lowest BCUT2D eigenvalue weighted by atomic mass is 10.1. The molecule has 0 radical (unpaired) electrons. The van der Waals surface area contributed by atoms with Crippen LogP contribution in [0.15, 0.2) is 28.8 Å². The van der Waals surface area contributed by atoms with Crippen molar-refractivity contribution in [2.75, 3.05) is 14.2 Å². The Morgan fingerprint density at radius 2 is 2.14 bits per heavy atom. The van der Waals surface area contributed by atoms with Gasteiger partial charge in [0.15, 0.2) is 5.82 Å². The standard InChI is InChI=1S/C16H21N3O2/c1-11(13-6-4-5-7-14(13)20-3)19(2)10-15-17-16(18-21-15)12-8-9-12/h4-7,11-12H,8-10H2,1-3H3. The molecule has 0 saturated heterocycles. The SMILES string of the molecule is COc1ccccc1C(C)N(C)Cc1nc(C2CC2)no1. The molecule has 1 atom stereocenters. The molecule has 21 heavy (non-hydrogen) atoms. The fourth-order valence-corrected chi connectivity index (χ4v) is 2.44. The predicted molar refractivity (Wildman–Crippen MR) is 79.1 cm³/mol. The van der Waals surface area contributed by atoms with E-state index in [2.05, 4.69) is 35.1 Å². The molecule has 1 unspecified atom stereocenters. The van der Waals surface area contributed by atoms with Gasteiger partial charge in [-0.25, -0.2) is 0 Å². The number of rotatable bonds is 6. The summed E-state index contributed by atoms with van der Waals surface area (Å²) in [4.78, 5) is 6.66. The number of para-hydroxylation sites is 1. The van der Waals surface area contributed by atoms with Crippen molar-refractivity contribution in [1.29, 1.82) is 0 Å². The molecule has 1 aliphatic rings. The molecule has 5 nitrogen and oxygen atoms in total. The molecule has 0 aliphatic heterocycles. The van der Waals surface area contributed by atoms with Crippen LogP contribution in [0.4, 0.5) is 0 Å². The summed E-state index contributed by atoms with van der Waals surface area (Å²) in [6.45, 7) is 2.79. The quantitative estimate of drug-likeness (QED) is 0.817. The highest BCUT2D eigenvalue weighted by atomic mass is 16.5. The third kappa shape index (κ3) is 3.08. The fraction of sp³-hybridized carbons (Fsp3) is 0.500. The van der Waals surface area contributed by atoms with E-state index >= 15 is 0 Å². The van der Waals surface area contributed by atoms with E-state index in [1.807, 2.05) is 18.2 Å². The van der Waals surface area contributed by atoms with E-state index in [1.165, 1.54) is 12.8 Å². The minimum atomic E-state index is 0.206. The Hall–Kier alpha value is -1.88. The predicted octanol–water partition coefficient (Wildman–Crippen LogP) is 3.15. The van der Waals surface area contributed by atoms with E-state index in [4.69, 9.17) is 9.26 Å². The van der Waals surface area contributed by atoms with Crippen molar-refractivity contribution >= 4 is 0 Å². The van der Waals surface area contributed by atoms with Crippen molar-refractivity contribution < 1.29 is 9.26 Å². The van der Waals surface area contributed by atoms with E-state index in [-0.39, 0.29) is 6.04 Å². The molecular weight excluding hydrogens is 266 g/mol. The Balaban J connectivity index is 1.69. The monoisotopic (exact) mass is 287 g/mol. The molecule has 3 rings (SSSR count). The van der Waals surface area contributed by atoms with Crippen LogP contribution >= 0.6 is 0 Å². The highest BCUT2D eigenvalue weighted by molar-refractivity contribution is 5.35. The Kier molecular flexibility index (Phi) is 3.92. The van der Waals surface area contributed by atoms with Crippen LogP contribution in [0.2, 0.25) is 0 Å². The van der Waals surface area contributed by atoms with Crippen LogP contribution in [-0.2, 0) is 6.54 Å². The number of hydrogen-bond acceptors (Lipinski definition) is 5. The molecule has 2 aromatic rings. The molecule has 0 spiro atoms. The lowest BCUT2D eigenvalue weighted by Gasteiger charge is -2.24. The van der Waals surface area contributed by atoms with Crippen molar-refractivity contribution in [3.63, 3.8) is 0 Å². The van der Waals surface area contributed by atoms with Crippen LogP contribution in [0.5, 0.6) is 5.75 Å². The molecule has 0 N–H and O–H groups in total. The minimum absolute atomic E-state index is 0.206. The number of methoxy groups -OCH3 is 1. The van der Waals surface area contributed by atoms with Gasteiger partial charge >= 0.3 is 0 Å². The largest absolute Gasteiger partial charge is 0.496 e. The lowest BCUT2D eigenvalue weighted by Crippen LogP contribution is -2.22. The van der Waals surface area contributed by atoms with E-state index in [0.29, 0.717) is 18.4 Å². The molecule has 1 saturated carbocycles. The molecule has 1 heterocycles. The lowest BCUT2D eigenvalue weighted by molar-refractivity contribution is 0.212. The van der Waals surface area contributed by atoms with Gasteiger partial charge in [-0.1, -0.05) is 23.4 Å². The minimum Gasteiger partial charge on any atom is -0.496 e. The van der Waals surface area contributed by atoms with Gasteiger partial charge in [0, 0.05) is 17.5 Å². The van der Waals surface area contributed by atoms with Gasteiger partial charge in [0.2, 0.25) is 5.89 Å². The van der Waals surface area contributed by atoms with Gasteiger partial charge in [-0.05, 0) is 32.9 Å². The Morgan fingerprint density at radius 1 is 1.38 bits per heavy atom. The summed E-state index contributed by atoms with van der Waals surface area (Å²) in [5, 5.41) is 4.06. The first kappa shape index (κ1) is 14.1. The van der Waals surface area contributed by atoms with Gasteiger partial charge in [-0.2, -0.15) is 4.98 Å². The van der Waals surface area contributed by atoms with Gasteiger partial charge < -0.3 is 9.26 Å². The Labute approximate surface area is 124 Å². The summed E-state index contributed by atoms with van der Waals surface area (Å²) in [5.41, 5.74) is 1.16. The second-order valence-electron chi connectivity index (χ2n) is 5.65. The van der Waals surface area contributed by atoms with E-state index in [0.717, 1.165) is 17.1 Å². The maximum absolute atomic E-state index is 5.43. The average molecular weight is 287 g/mol. The van der Waals surface area contributed by atoms with Crippen LogP contribution in [0.3, 0.4) is 0 Å². The van der Waals surface area contributed by atoms with Gasteiger partial charge in [-0.3, -0.25) is 4.90 Å². The molecular formula is C16H21N3O2. The van der Waals surface area contributed by atoms with Crippen LogP contribution < -0.4 is 4.74 Å². The molecule has 112 valence electrons. The summed E-state index contributed by atoms with van der Waals surface area (Å²) >= 11 is 0. The van der Waals surface area contributed by atoms with Gasteiger partial charge in [0.25, 0.3) is 0 Å². The number of ether oxygens (including phenoxy) is 1. The second kappa shape index (κ2) is 5.85. The zero-order valence-electron chi connectivity index (χ0n) is 12.7. The van der Waals surface area contributed by atoms with E-state index in [9.17, 15) is 0 Å². The zero-order chi connectivity index (χ0) is 14.8. The molecule has 1 aliphatic carbocycles. The summed E-state index contributed by atoms with van der Waals surface area (Å²) in [6, 6.07) is 8.29. The Bertz CT molecular complexity index is 607. The first-order valence-corrected chi connectivity index (χ1v) is 7.34. The summed E-state index contributed by atoms with van der Waals surface area (Å²) in [6.07, 6.45) is 2.37. The number of aromatic nitrogens is 2. The smallest absolute Gasteiger partial charge is 0.240 e. The fourth-order valence-electron chi connectivity index (χ4n) is 2.44. The summed E-state index contributed by atoms with van der Waals surface area (Å²) in [7, 11) is 3.75. The summed E-state index contributed by atoms with van der Waals surface area (Å²) in [5.74, 6) is 2.98. The molecule has 1 aromatic heterocycles. The van der Waals surface area contributed by atoms with Gasteiger partial charge in [-0.15, -0.1) is 0 Å². The van der Waals surface area contributed by atoms with Crippen LogP contribution in [-0.4, -0.2) is 29.2 Å². The number of benzene rings is 1. The Morgan fingerprint density at radius 3 is 2.86 bits per heavy atom. The molecule has 0 amide bonds. The average Bonchev–Trinajstić information content (AvgIpc) is 3.26. The maximum Gasteiger partial charge on any atom is 0.240 e. The van der Waals surface area contributed by atoms with Crippen molar-refractivity contribution in [3.05, 3.63) is 41.5 Å².